The molecule has 0 aliphatic rings. The maximum atomic E-state index is 2.23. The van der Waals surface area contributed by atoms with Gasteiger partial charge in [-0.15, -0.1) is 34.0 Å². The van der Waals surface area contributed by atoms with Gasteiger partial charge in [-0.3, -0.25) is 0 Å². The van der Waals surface area contributed by atoms with Crippen molar-refractivity contribution in [3.05, 3.63) is 91.0 Å². The van der Waals surface area contributed by atoms with Gasteiger partial charge >= 0.3 is 0 Å². The van der Waals surface area contributed by atoms with E-state index in [0.29, 0.717) is 0 Å². The Morgan fingerprint density at radius 1 is 0.409 bits per heavy atom. The van der Waals surface area contributed by atoms with Gasteiger partial charge < -0.3 is 6.15 Å². The van der Waals surface area contributed by atoms with Crippen molar-refractivity contribution in [2.75, 3.05) is 0 Å². The third-order valence-corrected chi connectivity index (χ3v) is 5.49. The van der Waals surface area contributed by atoms with E-state index in [-0.39, 0.29) is 40.1 Å². The molecule has 3 aromatic carbocycles. The molecule has 1 nitrogen and oxygen atoms in total. The first-order valence-electron chi connectivity index (χ1n) is 6.40. The number of hydrogen-bond acceptors (Lipinski definition) is 1. The molecular weight excluding hydrogens is 421 g/mol. The van der Waals surface area contributed by atoms with Gasteiger partial charge in [0, 0.05) is 0 Å². The number of benzene rings is 3. The molecule has 0 aromatic heterocycles. The Kier molecular flexibility index (Phi) is 10.2. The van der Waals surface area contributed by atoms with Gasteiger partial charge in [-0.25, -0.2) is 0 Å². The second kappa shape index (κ2) is 10.7. The molecule has 0 amide bonds. The molecular formula is C18H20Br2NP. The topological polar surface area (TPSA) is 35.0 Å². The van der Waals surface area contributed by atoms with Crippen molar-refractivity contribution in [3.8, 4) is 0 Å². The Morgan fingerprint density at radius 2 is 0.636 bits per heavy atom. The van der Waals surface area contributed by atoms with Gasteiger partial charge in [0.15, 0.2) is 0 Å². The lowest BCUT2D eigenvalue weighted by Crippen LogP contribution is -2.20. The maximum absolute atomic E-state index is 2.23. The van der Waals surface area contributed by atoms with Crippen LogP contribution in [0.25, 0.3) is 0 Å². The van der Waals surface area contributed by atoms with Crippen molar-refractivity contribution in [2.24, 2.45) is 0 Å². The van der Waals surface area contributed by atoms with Gasteiger partial charge in [-0.1, -0.05) is 91.0 Å². The third-order valence-electron chi connectivity index (χ3n) is 3.04. The molecule has 0 saturated carbocycles. The first-order valence-corrected chi connectivity index (χ1v) is 7.74. The summed E-state index contributed by atoms with van der Waals surface area (Å²) in [5, 5.41) is 4.19. The molecule has 0 atom stereocenters. The summed E-state index contributed by atoms with van der Waals surface area (Å²) in [6.45, 7) is 0. The summed E-state index contributed by atoms with van der Waals surface area (Å²) in [6, 6.07) is 32.3. The van der Waals surface area contributed by atoms with E-state index < -0.39 is 7.92 Å². The average molecular weight is 441 g/mol. The monoisotopic (exact) mass is 439 g/mol. The lowest BCUT2D eigenvalue weighted by atomic mass is 10.4. The zero-order chi connectivity index (χ0) is 12.9. The predicted octanol–water partition coefficient (Wildman–Crippen LogP) is 4.76. The second-order valence-electron chi connectivity index (χ2n) is 4.34. The number of hydrogen-bond donors (Lipinski definition) is 1. The molecule has 116 valence electrons. The molecule has 3 N–H and O–H groups in total. The standard InChI is InChI=1S/C18H15P.2BrH.H3N/c1-4-10-16(11-5-1)19(17-12-6-2-7-13-17)18-14-8-3-9-15-18;;;/h1-15H;2*1H;1H3. The van der Waals surface area contributed by atoms with E-state index in [1.54, 1.807) is 0 Å². The number of rotatable bonds is 3. The molecule has 0 radical (unpaired) electrons. The quantitative estimate of drug-likeness (QED) is 0.585. The van der Waals surface area contributed by atoms with Crippen LogP contribution in [0.15, 0.2) is 91.0 Å². The molecule has 0 aliphatic carbocycles. The van der Waals surface area contributed by atoms with E-state index in [9.17, 15) is 0 Å². The van der Waals surface area contributed by atoms with Crippen LogP contribution in [0.1, 0.15) is 0 Å². The van der Waals surface area contributed by atoms with E-state index in [0.717, 1.165) is 0 Å². The SMILES string of the molecule is Br.Br.N.c1ccc(P(c2ccccc2)c2ccccc2)cc1. The maximum Gasteiger partial charge on any atom is -0.0134 e. The summed E-state index contributed by atoms with van der Waals surface area (Å²) in [4.78, 5) is 0. The van der Waals surface area contributed by atoms with E-state index in [4.69, 9.17) is 0 Å². The minimum atomic E-state index is -0.446. The minimum Gasteiger partial charge on any atom is -0.344 e. The largest absolute Gasteiger partial charge is 0.344 e. The molecule has 3 rings (SSSR count). The molecule has 0 spiro atoms. The summed E-state index contributed by atoms with van der Waals surface area (Å²) in [6.07, 6.45) is 0. The van der Waals surface area contributed by atoms with Gasteiger partial charge in [0.25, 0.3) is 0 Å². The molecule has 0 saturated heterocycles. The van der Waals surface area contributed by atoms with Crippen LogP contribution in [0.2, 0.25) is 0 Å². The van der Waals surface area contributed by atoms with Crippen LogP contribution >= 0.6 is 41.9 Å². The molecule has 0 heterocycles. The Labute approximate surface area is 154 Å². The molecule has 3 aromatic rings. The highest BCUT2D eigenvalue weighted by Crippen LogP contribution is 2.32. The van der Waals surface area contributed by atoms with Crippen molar-refractivity contribution in [3.63, 3.8) is 0 Å². The summed E-state index contributed by atoms with van der Waals surface area (Å²) >= 11 is 0. The fraction of sp³-hybridized carbons (Fsp3) is 0. The van der Waals surface area contributed by atoms with Crippen LogP contribution in [0.3, 0.4) is 0 Å². The molecule has 4 heteroatoms. The van der Waals surface area contributed by atoms with Gasteiger partial charge in [0.2, 0.25) is 0 Å². The molecule has 22 heavy (non-hydrogen) atoms. The van der Waals surface area contributed by atoms with Crippen LogP contribution in [-0.2, 0) is 0 Å². The Bertz CT molecular complexity index is 539. The van der Waals surface area contributed by atoms with Crippen molar-refractivity contribution in [1.82, 2.24) is 6.15 Å². The van der Waals surface area contributed by atoms with E-state index >= 15 is 0 Å². The predicted molar refractivity (Wildman–Crippen MR) is 111 cm³/mol. The van der Waals surface area contributed by atoms with Crippen molar-refractivity contribution >= 4 is 57.8 Å². The van der Waals surface area contributed by atoms with Crippen LogP contribution in [-0.4, -0.2) is 0 Å². The summed E-state index contributed by atoms with van der Waals surface area (Å²) in [5.74, 6) is 0. The normalized spacial score (nSPS) is 9.14. The Hall–Kier alpha value is -0.990. The lowest BCUT2D eigenvalue weighted by molar-refractivity contribution is 1.74. The number of halogens is 2. The molecule has 0 fully saturated rings. The average Bonchev–Trinajstić information content (AvgIpc) is 2.51. The highest BCUT2D eigenvalue weighted by atomic mass is 79.9. The van der Waals surface area contributed by atoms with Crippen LogP contribution in [0, 0.1) is 0 Å². The second-order valence-corrected chi connectivity index (χ2v) is 6.56. The van der Waals surface area contributed by atoms with Gasteiger partial charge in [0.1, 0.15) is 0 Å². The smallest absolute Gasteiger partial charge is 0.0134 e. The Morgan fingerprint density at radius 3 is 0.864 bits per heavy atom. The summed E-state index contributed by atoms with van der Waals surface area (Å²) in [5.41, 5.74) is 0. The van der Waals surface area contributed by atoms with Gasteiger partial charge in [-0.05, 0) is 23.8 Å². The summed E-state index contributed by atoms with van der Waals surface area (Å²) < 4.78 is 0. The third kappa shape index (κ3) is 5.03. The van der Waals surface area contributed by atoms with Crippen LogP contribution < -0.4 is 22.1 Å². The lowest BCUT2D eigenvalue weighted by Gasteiger charge is -2.18. The highest BCUT2D eigenvalue weighted by Gasteiger charge is 2.14. The zero-order valence-electron chi connectivity index (χ0n) is 12.1. The van der Waals surface area contributed by atoms with Gasteiger partial charge in [-0.2, -0.15) is 0 Å². The first-order chi connectivity index (χ1) is 9.45. The van der Waals surface area contributed by atoms with Crippen LogP contribution in [0.5, 0.6) is 0 Å². The molecule has 0 unspecified atom stereocenters. The van der Waals surface area contributed by atoms with E-state index in [2.05, 4.69) is 91.0 Å². The molecule has 0 bridgehead atoms. The Balaban J connectivity index is 0.00000147. The van der Waals surface area contributed by atoms with Crippen molar-refractivity contribution in [2.45, 2.75) is 0 Å². The summed E-state index contributed by atoms with van der Waals surface area (Å²) in [7, 11) is -0.446. The fourth-order valence-corrected chi connectivity index (χ4v) is 4.48. The minimum absolute atomic E-state index is 0. The zero-order valence-corrected chi connectivity index (χ0v) is 16.5. The fourth-order valence-electron chi connectivity index (χ4n) is 2.18. The first kappa shape index (κ1) is 21.0. The van der Waals surface area contributed by atoms with E-state index in [1.807, 2.05) is 0 Å². The van der Waals surface area contributed by atoms with Crippen molar-refractivity contribution in [1.29, 1.82) is 0 Å². The van der Waals surface area contributed by atoms with Crippen molar-refractivity contribution < 1.29 is 0 Å². The van der Waals surface area contributed by atoms with Gasteiger partial charge in [0.05, 0.1) is 0 Å². The van der Waals surface area contributed by atoms with Crippen LogP contribution in [0.4, 0.5) is 0 Å². The highest BCUT2D eigenvalue weighted by molar-refractivity contribution is 8.93. The van der Waals surface area contributed by atoms with E-state index in [1.165, 1.54) is 15.9 Å². The molecule has 0 aliphatic heterocycles.